The van der Waals surface area contributed by atoms with Gasteiger partial charge in [-0.1, -0.05) is 35.5 Å². The fraction of sp³-hybridized carbons (Fsp3) is 0.250. The number of nitrogens with zero attached hydrogens (tertiary/aromatic N) is 2. The lowest BCUT2D eigenvalue weighted by Gasteiger charge is -2.07. The van der Waals surface area contributed by atoms with Crippen LogP contribution in [0.4, 0.5) is 0 Å². The molecule has 0 amide bonds. The van der Waals surface area contributed by atoms with E-state index in [1.54, 1.807) is 0 Å². The van der Waals surface area contributed by atoms with Gasteiger partial charge in [0.2, 0.25) is 5.82 Å². The van der Waals surface area contributed by atoms with Gasteiger partial charge in [0, 0.05) is 4.90 Å². The van der Waals surface area contributed by atoms with Crippen molar-refractivity contribution in [2.45, 2.75) is 30.1 Å². The highest BCUT2D eigenvalue weighted by Gasteiger charge is 2.29. The summed E-state index contributed by atoms with van der Waals surface area (Å²) >= 11 is 1.53. The van der Waals surface area contributed by atoms with Crippen LogP contribution in [0.15, 0.2) is 57.9 Å². The van der Waals surface area contributed by atoms with E-state index in [9.17, 15) is 4.79 Å². The summed E-state index contributed by atoms with van der Waals surface area (Å²) in [5.41, 5.74) is 1.92. The number of hydrogen-bond donors (Lipinski definition) is 0. The number of benzene rings is 2. The zero-order valence-corrected chi connectivity index (χ0v) is 15.6. The maximum absolute atomic E-state index is 12.4. The average molecular weight is 382 g/mol. The van der Waals surface area contributed by atoms with Gasteiger partial charge in [-0.2, -0.15) is 4.98 Å². The van der Waals surface area contributed by atoms with E-state index in [1.165, 1.54) is 17.3 Å². The summed E-state index contributed by atoms with van der Waals surface area (Å²) in [6, 6.07) is 15.5. The van der Waals surface area contributed by atoms with Crippen LogP contribution in [0.3, 0.4) is 0 Å². The predicted octanol–water partition coefficient (Wildman–Crippen LogP) is 3.90. The molecule has 0 saturated heterocycles. The van der Waals surface area contributed by atoms with E-state index < -0.39 is 0 Å². The lowest BCUT2D eigenvalue weighted by Crippen LogP contribution is -2.19. The van der Waals surface area contributed by atoms with Crippen LogP contribution in [-0.4, -0.2) is 28.0 Å². The maximum Gasteiger partial charge on any atom is 0.320 e. The molecule has 1 atom stereocenters. The first-order chi connectivity index (χ1) is 13.2. The molecule has 0 N–H and O–H groups in total. The van der Waals surface area contributed by atoms with E-state index in [2.05, 4.69) is 10.1 Å². The molecule has 2 heterocycles. The standard InChI is InChI=1S/C20H18N2O4S/c1-2-24-15-9-5-4-8-14(15)19-21-18(26-22-19)12-25-20(23)17-11-13-7-3-6-10-16(13)27-17/h3-10,17H,2,11-12H2,1H3. The molecule has 0 aliphatic carbocycles. The van der Waals surface area contributed by atoms with Crippen LogP contribution >= 0.6 is 11.8 Å². The number of fused-ring (bicyclic) bond motifs is 1. The Balaban J connectivity index is 1.39. The molecule has 2 aromatic carbocycles. The van der Waals surface area contributed by atoms with Crippen LogP contribution in [-0.2, 0) is 22.6 Å². The molecule has 3 aromatic rings. The minimum Gasteiger partial charge on any atom is -0.493 e. The normalized spacial score (nSPS) is 15.4. The summed E-state index contributed by atoms with van der Waals surface area (Å²) in [4.78, 5) is 17.8. The Kier molecular flexibility index (Phi) is 5.11. The highest BCUT2D eigenvalue weighted by molar-refractivity contribution is 8.01. The average Bonchev–Trinajstić information content (AvgIpc) is 3.34. The highest BCUT2D eigenvalue weighted by Crippen LogP contribution is 2.37. The molecule has 1 unspecified atom stereocenters. The van der Waals surface area contributed by atoms with Gasteiger partial charge < -0.3 is 14.0 Å². The van der Waals surface area contributed by atoms with Crippen LogP contribution in [0, 0.1) is 0 Å². The van der Waals surface area contributed by atoms with Crippen LogP contribution in [0.5, 0.6) is 5.75 Å². The van der Waals surface area contributed by atoms with Gasteiger partial charge in [-0.05, 0) is 37.1 Å². The largest absolute Gasteiger partial charge is 0.493 e. The Hall–Kier alpha value is -2.80. The number of rotatable bonds is 6. The third-order valence-electron chi connectivity index (χ3n) is 4.14. The number of para-hydroxylation sites is 1. The highest BCUT2D eigenvalue weighted by atomic mass is 32.2. The van der Waals surface area contributed by atoms with E-state index in [1.807, 2.05) is 55.5 Å². The van der Waals surface area contributed by atoms with Gasteiger partial charge >= 0.3 is 5.97 Å². The molecule has 0 saturated carbocycles. The Morgan fingerprint density at radius 1 is 1.22 bits per heavy atom. The van der Waals surface area contributed by atoms with Crippen molar-refractivity contribution in [2.75, 3.05) is 6.61 Å². The van der Waals surface area contributed by atoms with Gasteiger partial charge in [-0.3, -0.25) is 4.79 Å². The van der Waals surface area contributed by atoms with Gasteiger partial charge in [0.05, 0.1) is 12.2 Å². The first-order valence-corrected chi connectivity index (χ1v) is 9.58. The van der Waals surface area contributed by atoms with Crippen molar-refractivity contribution in [3.8, 4) is 17.1 Å². The second-order valence-electron chi connectivity index (χ2n) is 5.97. The molecule has 1 aliphatic heterocycles. The quantitative estimate of drug-likeness (QED) is 0.599. The second kappa shape index (κ2) is 7.84. The number of ether oxygens (including phenoxy) is 2. The van der Waals surface area contributed by atoms with Crippen molar-refractivity contribution < 1.29 is 18.8 Å². The fourth-order valence-corrected chi connectivity index (χ4v) is 4.09. The minimum absolute atomic E-state index is 0.0456. The third kappa shape index (κ3) is 3.83. The van der Waals surface area contributed by atoms with Gasteiger partial charge in [0.15, 0.2) is 6.61 Å². The fourth-order valence-electron chi connectivity index (χ4n) is 2.89. The third-order valence-corrected chi connectivity index (χ3v) is 5.44. The van der Waals surface area contributed by atoms with Gasteiger partial charge in [0.25, 0.3) is 5.89 Å². The predicted molar refractivity (Wildman–Crippen MR) is 100 cm³/mol. The van der Waals surface area contributed by atoms with E-state index in [-0.39, 0.29) is 23.7 Å². The van der Waals surface area contributed by atoms with Crippen molar-refractivity contribution in [3.05, 3.63) is 60.0 Å². The number of thioether (sulfide) groups is 1. The van der Waals surface area contributed by atoms with E-state index in [0.29, 0.717) is 24.6 Å². The molecule has 27 heavy (non-hydrogen) atoms. The summed E-state index contributed by atoms with van der Waals surface area (Å²) in [5, 5.41) is 3.74. The van der Waals surface area contributed by atoms with E-state index in [4.69, 9.17) is 14.0 Å². The summed E-state index contributed by atoms with van der Waals surface area (Å²) < 4.78 is 16.2. The Labute approximate surface area is 160 Å². The smallest absolute Gasteiger partial charge is 0.320 e. The van der Waals surface area contributed by atoms with Gasteiger partial charge in [-0.25, -0.2) is 0 Å². The summed E-state index contributed by atoms with van der Waals surface area (Å²) in [7, 11) is 0. The molecule has 6 nitrogen and oxygen atoms in total. The number of carbonyl (C=O) groups is 1. The van der Waals surface area contributed by atoms with Gasteiger partial charge in [0.1, 0.15) is 11.0 Å². The zero-order chi connectivity index (χ0) is 18.6. The van der Waals surface area contributed by atoms with E-state index >= 15 is 0 Å². The van der Waals surface area contributed by atoms with Gasteiger partial charge in [-0.15, -0.1) is 11.8 Å². The number of aromatic nitrogens is 2. The first kappa shape index (κ1) is 17.6. The molecule has 4 rings (SSSR count). The SMILES string of the molecule is CCOc1ccccc1-c1noc(COC(=O)C2Cc3ccccc3S2)n1. The molecule has 0 radical (unpaired) electrons. The summed E-state index contributed by atoms with van der Waals surface area (Å²) in [5.74, 6) is 1.08. The molecule has 138 valence electrons. The molecule has 7 heteroatoms. The molecule has 0 bridgehead atoms. The maximum atomic E-state index is 12.4. The molecule has 0 spiro atoms. The van der Waals surface area contributed by atoms with Crippen molar-refractivity contribution in [2.24, 2.45) is 0 Å². The second-order valence-corrected chi connectivity index (χ2v) is 7.21. The Bertz CT molecular complexity index is 931. The first-order valence-electron chi connectivity index (χ1n) is 8.70. The van der Waals surface area contributed by atoms with E-state index in [0.717, 1.165) is 10.5 Å². The van der Waals surface area contributed by atoms with Crippen LogP contribution in [0.2, 0.25) is 0 Å². The minimum atomic E-state index is -0.273. The Morgan fingerprint density at radius 3 is 2.89 bits per heavy atom. The van der Waals surface area contributed by atoms with Crippen LogP contribution in [0.1, 0.15) is 18.4 Å². The number of hydrogen-bond acceptors (Lipinski definition) is 7. The zero-order valence-electron chi connectivity index (χ0n) is 14.8. The molecular formula is C20H18N2O4S. The molecule has 1 aliphatic rings. The van der Waals surface area contributed by atoms with Crippen LogP contribution in [0.25, 0.3) is 11.4 Å². The number of esters is 1. The van der Waals surface area contributed by atoms with Crippen molar-refractivity contribution in [1.29, 1.82) is 0 Å². The van der Waals surface area contributed by atoms with Crippen molar-refractivity contribution in [3.63, 3.8) is 0 Å². The molecule has 0 fully saturated rings. The lowest BCUT2D eigenvalue weighted by molar-refractivity contribution is -0.145. The summed E-state index contributed by atoms with van der Waals surface area (Å²) in [6.45, 7) is 2.41. The molecule has 1 aromatic heterocycles. The van der Waals surface area contributed by atoms with Crippen LogP contribution < -0.4 is 4.74 Å². The Morgan fingerprint density at radius 2 is 2.04 bits per heavy atom. The topological polar surface area (TPSA) is 74.5 Å². The lowest BCUT2D eigenvalue weighted by atomic mass is 10.1. The van der Waals surface area contributed by atoms with Crippen molar-refractivity contribution in [1.82, 2.24) is 10.1 Å². The molecular weight excluding hydrogens is 364 g/mol. The summed E-state index contributed by atoms with van der Waals surface area (Å²) in [6.07, 6.45) is 0.677. The van der Waals surface area contributed by atoms with Crippen molar-refractivity contribution >= 4 is 17.7 Å². The monoisotopic (exact) mass is 382 g/mol. The number of carbonyl (C=O) groups excluding carboxylic acids is 1.